The molecule has 0 unspecified atom stereocenters. The van der Waals surface area contributed by atoms with Crippen molar-refractivity contribution in [3.8, 4) is 0 Å². The first-order chi connectivity index (χ1) is 5.91. The molecule has 0 radical (unpaired) electrons. The molecule has 0 saturated carbocycles. The summed E-state index contributed by atoms with van der Waals surface area (Å²) in [5, 5.41) is 11.9. The minimum atomic E-state index is -0.416. The summed E-state index contributed by atoms with van der Waals surface area (Å²) in [6.45, 7) is 6.68. The van der Waals surface area contributed by atoms with Crippen LogP contribution in [0.1, 0.15) is 27.7 Å². The highest BCUT2D eigenvalue weighted by molar-refractivity contribution is 5.96. The number of aliphatic hydroxyl groups is 1. The van der Waals surface area contributed by atoms with E-state index < -0.39 is 5.78 Å². The molecule has 0 fully saturated rings. The van der Waals surface area contributed by atoms with Crippen LogP contribution in [0.2, 0.25) is 0 Å². The molecule has 0 bridgehead atoms. The van der Waals surface area contributed by atoms with Gasteiger partial charge in [-0.05, 0) is 5.18 Å². The number of carbonyl (C=O) groups is 1. The zero-order valence-corrected chi connectivity index (χ0v) is 8.37. The van der Waals surface area contributed by atoms with Crippen molar-refractivity contribution >= 4 is 5.78 Å². The third-order valence-corrected chi connectivity index (χ3v) is 1.64. The van der Waals surface area contributed by atoms with E-state index in [1.807, 2.05) is 0 Å². The number of carbonyl (C=O) groups excluding carboxylic acids is 1. The van der Waals surface area contributed by atoms with Crippen LogP contribution < -0.4 is 0 Å². The zero-order chi connectivity index (χ0) is 10.6. The summed E-state index contributed by atoms with van der Waals surface area (Å²) < 4.78 is 0. The Morgan fingerprint density at radius 2 is 1.62 bits per heavy atom. The molecular formula is C9H15NO3. The molecule has 4 nitrogen and oxygen atoms in total. The van der Waals surface area contributed by atoms with Crippen LogP contribution in [0.4, 0.5) is 0 Å². The van der Waals surface area contributed by atoms with Crippen molar-refractivity contribution in [2.75, 3.05) is 0 Å². The highest BCUT2D eigenvalue weighted by atomic mass is 16.3. The zero-order valence-electron chi connectivity index (χ0n) is 8.37. The Hall–Kier alpha value is -1.19. The highest BCUT2D eigenvalue weighted by Crippen LogP contribution is 2.16. The van der Waals surface area contributed by atoms with Crippen molar-refractivity contribution in [2.24, 2.45) is 17.0 Å². The number of Topliss-reactive ketones (excluding diaryl/α,β-unsaturated/α-hetero) is 1. The highest BCUT2D eigenvalue weighted by Gasteiger charge is 2.20. The number of allylic oxidation sites excluding steroid dienone is 2. The predicted molar refractivity (Wildman–Crippen MR) is 50.1 cm³/mol. The first kappa shape index (κ1) is 11.8. The molecule has 0 saturated heterocycles. The number of nitroso groups, excluding NO2 is 1. The molecule has 0 amide bonds. The molecule has 0 aliphatic rings. The first-order valence-corrected chi connectivity index (χ1v) is 4.22. The number of rotatable bonds is 4. The SMILES string of the molecule is CC(C)C(=O)C(N=O)=C(O)C(C)C. The Morgan fingerprint density at radius 1 is 1.15 bits per heavy atom. The van der Waals surface area contributed by atoms with Crippen LogP contribution in [-0.2, 0) is 4.79 Å². The molecule has 4 heteroatoms. The maximum absolute atomic E-state index is 11.3. The van der Waals surface area contributed by atoms with Gasteiger partial charge in [0.2, 0.25) is 0 Å². The minimum absolute atomic E-state index is 0.228. The van der Waals surface area contributed by atoms with E-state index in [1.54, 1.807) is 27.7 Å². The molecule has 0 rings (SSSR count). The van der Waals surface area contributed by atoms with Gasteiger partial charge in [0.1, 0.15) is 5.76 Å². The van der Waals surface area contributed by atoms with Gasteiger partial charge in [0, 0.05) is 11.8 Å². The third kappa shape index (κ3) is 2.97. The Balaban J connectivity index is 4.99. The van der Waals surface area contributed by atoms with E-state index >= 15 is 0 Å². The molecule has 0 heterocycles. The van der Waals surface area contributed by atoms with E-state index in [9.17, 15) is 14.8 Å². The second-order valence-corrected chi connectivity index (χ2v) is 3.50. The molecular weight excluding hydrogens is 170 g/mol. The predicted octanol–water partition coefficient (Wildman–Crippen LogP) is 2.40. The number of ketones is 1. The van der Waals surface area contributed by atoms with E-state index in [0.717, 1.165) is 0 Å². The van der Waals surface area contributed by atoms with E-state index in [0.29, 0.717) is 0 Å². The van der Waals surface area contributed by atoms with Gasteiger partial charge in [-0.3, -0.25) is 4.79 Å². The van der Waals surface area contributed by atoms with Crippen molar-refractivity contribution in [2.45, 2.75) is 27.7 Å². The summed E-state index contributed by atoms with van der Waals surface area (Å²) in [4.78, 5) is 21.6. The summed E-state index contributed by atoms with van der Waals surface area (Å²) in [6.07, 6.45) is 0. The maximum Gasteiger partial charge on any atom is 0.190 e. The largest absolute Gasteiger partial charge is 0.510 e. The Bertz CT molecular complexity index is 241. The lowest BCUT2D eigenvalue weighted by molar-refractivity contribution is -0.118. The molecule has 1 N–H and O–H groups in total. The van der Waals surface area contributed by atoms with Crippen molar-refractivity contribution in [1.29, 1.82) is 0 Å². The van der Waals surface area contributed by atoms with E-state index in [-0.39, 0.29) is 23.3 Å². The Morgan fingerprint density at radius 3 is 1.85 bits per heavy atom. The van der Waals surface area contributed by atoms with Gasteiger partial charge in [-0.1, -0.05) is 27.7 Å². The van der Waals surface area contributed by atoms with Crippen LogP contribution in [0, 0.1) is 16.7 Å². The van der Waals surface area contributed by atoms with Crippen LogP contribution >= 0.6 is 0 Å². The average molecular weight is 185 g/mol. The second-order valence-electron chi connectivity index (χ2n) is 3.50. The number of aliphatic hydroxyl groups excluding tert-OH is 1. The van der Waals surface area contributed by atoms with Crippen molar-refractivity contribution in [1.82, 2.24) is 0 Å². The van der Waals surface area contributed by atoms with Gasteiger partial charge in [0.05, 0.1) is 0 Å². The lowest BCUT2D eigenvalue weighted by Gasteiger charge is -2.07. The lowest BCUT2D eigenvalue weighted by Crippen LogP contribution is -2.12. The van der Waals surface area contributed by atoms with Gasteiger partial charge in [0.15, 0.2) is 11.5 Å². The standard InChI is InChI=1S/C9H15NO3/c1-5(2)8(11)7(10-13)9(12)6(3)4/h5-6,11H,1-4H3. The van der Waals surface area contributed by atoms with Gasteiger partial charge >= 0.3 is 0 Å². The molecule has 0 aromatic heterocycles. The van der Waals surface area contributed by atoms with Crippen molar-refractivity contribution in [3.05, 3.63) is 16.4 Å². The normalized spacial score (nSPS) is 13.1. The summed E-state index contributed by atoms with van der Waals surface area (Å²) in [7, 11) is 0. The fraction of sp³-hybridized carbons (Fsp3) is 0.667. The van der Waals surface area contributed by atoms with Crippen LogP contribution in [0.25, 0.3) is 0 Å². The molecule has 0 spiro atoms. The van der Waals surface area contributed by atoms with Gasteiger partial charge in [-0.15, -0.1) is 4.91 Å². The van der Waals surface area contributed by atoms with Crippen molar-refractivity contribution in [3.63, 3.8) is 0 Å². The van der Waals surface area contributed by atoms with Crippen LogP contribution in [0.15, 0.2) is 16.6 Å². The Labute approximate surface area is 77.6 Å². The van der Waals surface area contributed by atoms with Gasteiger partial charge in [0.25, 0.3) is 0 Å². The average Bonchev–Trinajstić information content (AvgIpc) is 2.04. The quantitative estimate of drug-likeness (QED) is 0.415. The third-order valence-electron chi connectivity index (χ3n) is 1.64. The lowest BCUT2D eigenvalue weighted by atomic mass is 10.0. The van der Waals surface area contributed by atoms with Crippen LogP contribution in [0.3, 0.4) is 0 Å². The van der Waals surface area contributed by atoms with Gasteiger partial charge in [-0.25, -0.2) is 0 Å². The molecule has 0 aromatic rings. The number of hydrogen-bond donors (Lipinski definition) is 1. The minimum Gasteiger partial charge on any atom is -0.510 e. The second kappa shape index (κ2) is 4.74. The summed E-state index contributed by atoms with van der Waals surface area (Å²) >= 11 is 0. The van der Waals surface area contributed by atoms with Gasteiger partial charge in [-0.2, -0.15) is 0 Å². The van der Waals surface area contributed by atoms with Gasteiger partial charge < -0.3 is 5.11 Å². The summed E-state index contributed by atoms with van der Waals surface area (Å²) in [5.74, 6) is -1.22. The summed E-state index contributed by atoms with van der Waals surface area (Å²) in [5.41, 5.74) is -0.343. The fourth-order valence-electron chi connectivity index (χ4n) is 0.765. The molecule has 0 aliphatic heterocycles. The smallest absolute Gasteiger partial charge is 0.190 e. The van der Waals surface area contributed by atoms with E-state index in [1.165, 1.54) is 0 Å². The van der Waals surface area contributed by atoms with Crippen LogP contribution in [-0.4, -0.2) is 10.9 Å². The Kier molecular flexibility index (Phi) is 4.31. The molecule has 0 atom stereocenters. The maximum atomic E-state index is 11.3. The van der Waals surface area contributed by atoms with Crippen LogP contribution in [0.5, 0.6) is 0 Å². The fourth-order valence-corrected chi connectivity index (χ4v) is 0.765. The molecule has 13 heavy (non-hydrogen) atoms. The number of hydrogen-bond acceptors (Lipinski definition) is 4. The summed E-state index contributed by atoms with van der Waals surface area (Å²) in [6, 6.07) is 0. The van der Waals surface area contributed by atoms with E-state index in [2.05, 4.69) is 5.18 Å². The first-order valence-electron chi connectivity index (χ1n) is 4.22. The van der Waals surface area contributed by atoms with Crippen molar-refractivity contribution < 1.29 is 9.90 Å². The monoisotopic (exact) mass is 185 g/mol. The molecule has 74 valence electrons. The number of nitrogens with zero attached hydrogens (tertiary/aromatic N) is 1. The topological polar surface area (TPSA) is 66.7 Å². The van der Waals surface area contributed by atoms with E-state index in [4.69, 9.17) is 0 Å². The molecule has 0 aliphatic carbocycles. The molecule has 0 aromatic carbocycles.